The van der Waals surface area contributed by atoms with Crippen molar-refractivity contribution in [1.29, 1.82) is 0 Å². The molecule has 146 valence electrons. The van der Waals surface area contributed by atoms with Gasteiger partial charge < -0.3 is 0 Å². The lowest BCUT2D eigenvalue weighted by atomic mass is 10.1. The Kier molecular flexibility index (Phi) is 10.1. The van der Waals surface area contributed by atoms with Crippen molar-refractivity contribution >= 4 is 0 Å². The lowest BCUT2D eigenvalue weighted by Crippen LogP contribution is -2.08. The monoisotopic (exact) mass is 378 g/mol. The molecule has 0 saturated carbocycles. The van der Waals surface area contributed by atoms with Crippen LogP contribution in [-0.2, 0) is 25.2 Å². The van der Waals surface area contributed by atoms with Gasteiger partial charge in [-0.15, -0.1) is 0 Å². The molecule has 0 saturated heterocycles. The fourth-order valence-electron chi connectivity index (χ4n) is 2.07. The molecule has 26 heavy (non-hydrogen) atoms. The van der Waals surface area contributed by atoms with E-state index in [0.29, 0.717) is 24.0 Å². The van der Waals surface area contributed by atoms with Gasteiger partial charge in [-0.1, -0.05) is 64.1 Å². The normalized spacial score (nSPS) is 11.0. The number of alkyl halides is 6. The molecule has 0 aliphatic rings. The van der Waals surface area contributed by atoms with Crippen LogP contribution < -0.4 is 0 Å². The van der Waals surface area contributed by atoms with Crippen LogP contribution in [0.2, 0.25) is 0 Å². The average molecular weight is 378 g/mol. The van der Waals surface area contributed by atoms with Crippen LogP contribution >= 0.6 is 0 Å². The zero-order valence-corrected chi connectivity index (χ0v) is 15.3. The van der Waals surface area contributed by atoms with Crippen LogP contribution in [-0.4, -0.2) is 0 Å². The zero-order valence-electron chi connectivity index (χ0n) is 15.3. The van der Waals surface area contributed by atoms with E-state index >= 15 is 0 Å². The molecule has 2 rings (SSSR count). The first-order valence-corrected chi connectivity index (χ1v) is 8.40. The highest BCUT2D eigenvalue weighted by Crippen LogP contribution is 2.32. The third kappa shape index (κ3) is 7.93. The lowest BCUT2D eigenvalue weighted by molar-refractivity contribution is -0.138. The zero-order chi connectivity index (χ0) is 20.4. The molecular weight excluding hydrogens is 354 g/mol. The maximum atomic E-state index is 12.2. The van der Waals surface area contributed by atoms with Crippen molar-refractivity contribution in [2.24, 2.45) is 0 Å². The molecule has 0 fully saturated rings. The van der Waals surface area contributed by atoms with Crippen molar-refractivity contribution < 1.29 is 26.3 Å². The van der Waals surface area contributed by atoms with Gasteiger partial charge in [-0.3, -0.25) is 0 Å². The van der Waals surface area contributed by atoms with Crippen LogP contribution in [0, 0.1) is 0 Å². The molecule has 0 nitrogen and oxygen atoms in total. The maximum Gasteiger partial charge on any atom is 0.416 e. The molecular formula is C20H24F6. The molecule has 0 bridgehead atoms. The minimum Gasteiger partial charge on any atom is -0.166 e. The van der Waals surface area contributed by atoms with Crippen LogP contribution in [0.15, 0.2) is 48.5 Å². The second-order valence-electron chi connectivity index (χ2n) is 5.06. The van der Waals surface area contributed by atoms with Crippen molar-refractivity contribution in [2.75, 3.05) is 0 Å². The van der Waals surface area contributed by atoms with Crippen molar-refractivity contribution in [3.8, 4) is 0 Å². The van der Waals surface area contributed by atoms with E-state index in [0.717, 1.165) is 12.1 Å². The van der Waals surface area contributed by atoms with Crippen LogP contribution in [0.25, 0.3) is 0 Å². The Balaban J connectivity index is 0.000000439. The highest BCUT2D eigenvalue weighted by molar-refractivity contribution is 5.29. The van der Waals surface area contributed by atoms with Crippen LogP contribution in [0.4, 0.5) is 26.3 Å². The highest BCUT2D eigenvalue weighted by atomic mass is 19.4. The molecule has 0 aliphatic carbocycles. The van der Waals surface area contributed by atoms with E-state index in [9.17, 15) is 26.3 Å². The number of hydrogen-bond donors (Lipinski definition) is 0. The largest absolute Gasteiger partial charge is 0.416 e. The third-order valence-electron chi connectivity index (χ3n) is 3.37. The van der Waals surface area contributed by atoms with E-state index in [2.05, 4.69) is 0 Å². The third-order valence-corrected chi connectivity index (χ3v) is 3.37. The fourth-order valence-corrected chi connectivity index (χ4v) is 2.07. The van der Waals surface area contributed by atoms with Gasteiger partial charge in [-0.2, -0.15) is 26.3 Å². The summed E-state index contributed by atoms with van der Waals surface area (Å²) in [5.41, 5.74) is -0.0239. The summed E-state index contributed by atoms with van der Waals surface area (Å²) in [5, 5.41) is 0. The second-order valence-corrected chi connectivity index (χ2v) is 5.06. The molecule has 0 N–H and O–H groups in total. The summed E-state index contributed by atoms with van der Waals surface area (Å²) >= 11 is 0. The van der Waals surface area contributed by atoms with Gasteiger partial charge >= 0.3 is 12.4 Å². The molecule has 0 radical (unpaired) electrons. The summed E-state index contributed by atoms with van der Waals surface area (Å²) in [6.45, 7) is 7.54. The standard InChI is InChI=1S/2C9H9F3.C2H6/c1-2-7-4-3-5-8(6-7)9(10,11)12;1-2-7-5-3-4-6-8(7)9(10,11)12;1-2/h2*3-6H,2H2,1H3;1-2H3. The number of benzene rings is 2. The molecule has 2 aromatic carbocycles. The van der Waals surface area contributed by atoms with E-state index in [1.807, 2.05) is 20.8 Å². The molecule has 0 heterocycles. The Bertz CT molecular complexity index is 641. The number of halogens is 6. The van der Waals surface area contributed by atoms with E-state index < -0.39 is 23.5 Å². The Morgan fingerprint density at radius 2 is 1.27 bits per heavy atom. The summed E-state index contributed by atoms with van der Waals surface area (Å²) in [5.74, 6) is 0. The molecule has 0 aromatic heterocycles. The number of hydrogen-bond acceptors (Lipinski definition) is 0. The summed E-state index contributed by atoms with van der Waals surface area (Å²) < 4.78 is 73.0. The second kappa shape index (κ2) is 10.9. The van der Waals surface area contributed by atoms with Gasteiger partial charge in [0.1, 0.15) is 0 Å². The topological polar surface area (TPSA) is 0 Å². The Morgan fingerprint density at radius 3 is 1.69 bits per heavy atom. The van der Waals surface area contributed by atoms with Gasteiger partial charge in [0.15, 0.2) is 0 Å². The number of aryl methyl sites for hydroxylation is 2. The predicted molar refractivity (Wildman–Crippen MR) is 93.0 cm³/mol. The number of rotatable bonds is 2. The average Bonchev–Trinajstić information content (AvgIpc) is 2.62. The lowest BCUT2D eigenvalue weighted by Gasteiger charge is -2.10. The first kappa shape index (κ1) is 24.0. The van der Waals surface area contributed by atoms with Gasteiger partial charge in [-0.05, 0) is 36.1 Å². The van der Waals surface area contributed by atoms with Crippen molar-refractivity contribution in [1.82, 2.24) is 0 Å². The van der Waals surface area contributed by atoms with Crippen molar-refractivity contribution in [3.63, 3.8) is 0 Å². The molecule has 2 aromatic rings. The van der Waals surface area contributed by atoms with Gasteiger partial charge in [0, 0.05) is 0 Å². The first-order chi connectivity index (χ1) is 12.1. The van der Waals surface area contributed by atoms with E-state index in [-0.39, 0.29) is 0 Å². The highest BCUT2D eigenvalue weighted by Gasteiger charge is 2.32. The first-order valence-electron chi connectivity index (χ1n) is 8.40. The summed E-state index contributed by atoms with van der Waals surface area (Å²) in [6.07, 6.45) is -7.39. The van der Waals surface area contributed by atoms with Crippen molar-refractivity contribution in [2.45, 2.75) is 52.9 Å². The van der Waals surface area contributed by atoms with Gasteiger partial charge in [0.25, 0.3) is 0 Å². The fraction of sp³-hybridized carbons (Fsp3) is 0.400. The van der Waals surface area contributed by atoms with E-state index in [1.165, 1.54) is 24.3 Å². The summed E-state index contributed by atoms with van der Waals surface area (Å²) in [4.78, 5) is 0. The Hall–Kier alpha value is -1.98. The molecule has 0 atom stereocenters. The smallest absolute Gasteiger partial charge is 0.166 e. The molecule has 0 aliphatic heterocycles. The van der Waals surface area contributed by atoms with Crippen LogP contribution in [0.3, 0.4) is 0 Å². The minimum atomic E-state index is -4.22. The van der Waals surface area contributed by atoms with Gasteiger partial charge in [0.2, 0.25) is 0 Å². The van der Waals surface area contributed by atoms with Gasteiger partial charge in [0.05, 0.1) is 11.1 Å². The van der Waals surface area contributed by atoms with Gasteiger partial charge in [-0.25, -0.2) is 0 Å². The maximum absolute atomic E-state index is 12.2. The molecule has 6 heteroatoms. The van der Waals surface area contributed by atoms with Crippen molar-refractivity contribution in [3.05, 3.63) is 70.8 Å². The predicted octanol–water partition coefficient (Wildman–Crippen LogP) is 7.56. The molecule has 0 spiro atoms. The summed E-state index contributed by atoms with van der Waals surface area (Å²) in [6, 6.07) is 11.0. The molecule has 0 amide bonds. The van der Waals surface area contributed by atoms with E-state index in [1.54, 1.807) is 19.1 Å². The Morgan fingerprint density at radius 1 is 0.692 bits per heavy atom. The SMILES string of the molecule is CC.CCc1cccc(C(F)(F)F)c1.CCc1ccccc1C(F)(F)F. The Labute approximate surface area is 150 Å². The van der Waals surface area contributed by atoms with Crippen LogP contribution in [0.1, 0.15) is 49.9 Å². The quantitative estimate of drug-likeness (QED) is 0.473. The molecule has 0 unspecified atom stereocenters. The summed E-state index contributed by atoms with van der Waals surface area (Å²) in [7, 11) is 0. The van der Waals surface area contributed by atoms with Crippen LogP contribution in [0.5, 0.6) is 0 Å². The van der Waals surface area contributed by atoms with E-state index in [4.69, 9.17) is 0 Å². The minimum absolute atomic E-state index is 0.352.